The molecule has 9 heteroatoms. The van der Waals surface area contributed by atoms with Crippen LogP contribution in [0.2, 0.25) is 0 Å². The van der Waals surface area contributed by atoms with Crippen molar-refractivity contribution >= 4 is 33.4 Å². The van der Waals surface area contributed by atoms with Crippen molar-refractivity contribution in [2.45, 2.75) is 42.7 Å². The van der Waals surface area contributed by atoms with E-state index >= 15 is 0 Å². The van der Waals surface area contributed by atoms with Gasteiger partial charge in [0.15, 0.2) is 5.16 Å². The average Bonchev–Trinajstić information content (AvgIpc) is 3.12. The first-order chi connectivity index (χ1) is 14.8. The van der Waals surface area contributed by atoms with Crippen molar-refractivity contribution < 1.29 is 13.2 Å². The van der Waals surface area contributed by atoms with E-state index < -0.39 is 10.0 Å². The fourth-order valence-electron chi connectivity index (χ4n) is 3.77. The summed E-state index contributed by atoms with van der Waals surface area (Å²) in [7, 11) is -3.86. The number of aromatic nitrogens is 2. The van der Waals surface area contributed by atoms with E-state index in [4.69, 9.17) is 10.1 Å². The highest BCUT2D eigenvalue weighted by molar-refractivity contribution is 7.99. The molecule has 3 N–H and O–H groups in total. The van der Waals surface area contributed by atoms with Gasteiger partial charge in [-0.2, -0.15) is 0 Å². The smallest absolute Gasteiger partial charge is 0.238 e. The van der Waals surface area contributed by atoms with Crippen molar-refractivity contribution in [1.29, 1.82) is 0 Å². The number of para-hydroxylation sites is 1. The molecule has 0 atom stereocenters. The second kappa shape index (κ2) is 8.86. The van der Waals surface area contributed by atoms with E-state index in [1.54, 1.807) is 19.1 Å². The van der Waals surface area contributed by atoms with E-state index in [0.29, 0.717) is 11.3 Å². The number of imidazole rings is 1. The van der Waals surface area contributed by atoms with Gasteiger partial charge < -0.3 is 5.32 Å². The molecule has 1 aliphatic rings. The molecule has 7 nitrogen and oxygen atoms in total. The molecule has 0 unspecified atom stereocenters. The van der Waals surface area contributed by atoms with Crippen molar-refractivity contribution in [3.05, 3.63) is 65.5 Å². The maximum absolute atomic E-state index is 12.6. The number of primary sulfonamides is 1. The minimum absolute atomic E-state index is 0.00486. The van der Waals surface area contributed by atoms with E-state index in [0.717, 1.165) is 42.2 Å². The molecule has 1 aromatic heterocycles. The fourth-order valence-corrected chi connectivity index (χ4v) is 5.43. The van der Waals surface area contributed by atoms with Gasteiger partial charge in [0.05, 0.1) is 16.3 Å². The van der Waals surface area contributed by atoms with E-state index in [2.05, 4.69) is 9.88 Å². The summed E-state index contributed by atoms with van der Waals surface area (Å²) in [6, 6.07) is 14.7. The number of aryl methyl sites for hydroxylation is 2. The van der Waals surface area contributed by atoms with Gasteiger partial charge in [-0.1, -0.05) is 36.0 Å². The Morgan fingerprint density at radius 2 is 1.90 bits per heavy atom. The minimum Gasteiger partial charge on any atom is -0.325 e. The van der Waals surface area contributed by atoms with Crippen LogP contribution in [0.15, 0.2) is 58.6 Å². The molecule has 2 aromatic carbocycles. The van der Waals surface area contributed by atoms with Gasteiger partial charge in [-0.05, 0) is 62.4 Å². The number of hydrogen-bond acceptors (Lipinski definition) is 5. The van der Waals surface area contributed by atoms with Gasteiger partial charge in [0.25, 0.3) is 0 Å². The Morgan fingerprint density at radius 1 is 1.16 bits per heavy atom. The molecule has 4 rings (SSSR count). The third-order valence-electron chi connectivity index (χ3n) is 5.23. The number of rotatable bonds is 6. The normalized spacial score (nSPS) is 13.6. The lowest BCUT2D eigenvalue weighted by atomic mass is 10.0. The average molecular weight is 457 g/mol. The highest BCUT2D eigenvalue weighted by atomic mass is 32.2. The molecule has 0 saturated carbocycles. The van der Waals surface area contributed by atoms with Crippen LogP contribution in [0.4, 0.5) is 5.69 Å². The van der Waals surface area contributed by atoms with Gasteiger partial charge in [-0.3, -0.25) is 9.36 Å². The van der Waals surface area contributed by atoms with Crippen LogP contribution in [0, 0.1) is 6.92 Å². The molecule has 162 valence electrons. The van der Waals surface area contributed by atoms with Gasteiger partial charge >= 0.3 is 0 Å². The monoisotopic (exact) mass is 456 g/mol. The van der Waals surface area contributed by atoms with Crippen LogP contribution in [0.3, 0.4) is 0 Å². The third kappa shape index (κ3) is 4.84. The van der Waals surface area contributed by atoms with Crippen LogP contribution in [0.25, 0.3) is 5.69 Å². The largest absolute Gasteiger partial charge is 0.325 e. The quantitative estimate of drug-likeness (QED) is 0.553. The molecular weight excluding hydrogens is 432 g/mol. The van der Waals surface area contributed by atoms with Crippen LogP contribution >= 0.6 is 11.8 Å². The second-order valence-corrected chi connectivity index (χ2v) is 10.0. The number of carbonyl (C=O) groups excluding carboxylic acids is 1. The number of thioether (sulfide) groups is 1. The number of benzene rings is 2. The molecule has 1 aliphatic carbocycles. The molecule has 0 fully saturated rings. The number of fused-ring (bicyclic) bond motifs is 1. The molecular formula is C22H24N4O3S2. The number of anilines is 1. The van der Waals surface area contributed by atoms with E-state index in [-0.39, 0.29) is 16.6 Å². The molecule has 1 amide bonds. The highest BCUT2D eigenvalue weighted by Crippen LogP contribution is 2.30. The lowest BCUT2D eigenvalue weighted by Gasteiger charge is -2.15. The summed E-state index contributed by atoms with van der Waals surface area (Å²) < 4.78 is 25.6. The van der Waals surface area contributed by atoms with Crippen molar-refractivity contribution in [2.75, 3.05) is 11.1 Å². The SMILES string of the molecule is Cc1ccc(NC(=O)CSc2nc3c(n2-c2ccccc2)CCCC3)cc1S(N)(=O)=O. The number of nitrogens with zero attached hydrogens (tertiary/aromatic N) is 2. The van der Waals surface area contributed by atoms with Gasteiger partial charge in [-0.15, -0.1) is 0 Å². The Bertz CT molecular complexity index is 1220. The lowest BCUT2D eigenvalue weighted by molar-refractivity contribution is -0.113. The first-order valence-corrected chi connectivity index (χ1v) is 12.6. The molecule has 0 spiro atoms. The number of nitrogens with one attached hydrogen (secondary N) is 1. The summed E-state index contributed by atoms with van der Waals surface area (Å²) >= 11 is 1.37. The van der Waals surface area contributed by atoms with E-state index in [9.17, 15) is 13.2 Å². The topological polar surface area (TPSA) is 107 Å². The third-order valence-corrected chi connectivity index (χ3v) is 7.22. The van der Waals surface area contributed by atoms with Gasteiger partial charge in [0, 0.05) is 17.1 Å². The fraction of sp³-hybridized carbons (Fsp3) is 0.273. The zero-order valence-corrected chi connectivity index (χ0v) is 18.8. The summed E-state index contributed by atoms with van der Waals surface area (Å²) in [5.41, 5.74) is 4.29. The summed E-state index contributed by atoms with van der Waals surface area (Å²) in [5, 5.41) is 8.81. The van der Waals surface area contributed by atoms with Crippen molar-refractivity contribution in [3.8, 4) is 5.69 Å². The van der Waals surface area contributed by atoms with Crippen LogP contribution < -0.4 is 10.5 Å². The van der Waals surface area contributed by atoms with Gasteiger partial charge in [0.2, 0.25) is 15.9 Å². The number of amides is 1. The van der Waals surface area contributed by atoms with Gasteiger partial charge in [0.1, 0.15) is 0 Å². The Labute approximate surface area is 186 Å². The molecule has 3 aromatic rings. The number of hydrogen-bond donors (Lipinski definition) is 2. The van der Waals surface area contributed by atoms with Crippen molar-refractivity contribution in [2.24, 2.45) is 5.14 Å². The Hall–Kier alpha value is -2.62. The highest BCUT2D eigenvalue weighted by Gasteiger charge is 2.22. The second-order valence-electron chi connectivity index (χ2n) is 7.53. The lowest BCUT2D eigenvalue weighted by Crippen LogP contribution is -2.17. The molecule has 0 saturated heterocycles. The zero-order valence-electron chi connectivity index (χ0n) is 17.2. The van der Waals surface area contributed by atoms with Gasteiger partial charge in [-0.25, -0.2) is 18.5 Å². The van der Waals surface area contributed by atoms with Crippen LogP contribution in [0.1, 0.15) is 29.8 Å². The van der Waals surface area contributed by atoms with Crippen LogP contribution in [-0.2, 0) is 27.7 Å². The summed E-state index contributed by atoms with van der Waals surface area (Å²) in [4.78, 5) is 17.4. The first-order valence-electron chi connectivity index (χ1n) is 10.0. The zero-order chi connectivity index (χ0) is 22.0. The predicted octanol–water partition coefficient (Wildman–Crippen LogP) is 3.44. The number of nitrogens with two attached hydrogens (primary N) is 1. The summed E-state index contributed by atoms with van der Waals surface area (Å²) in [5.74, 6) is -0.0868. The maximum atomic E-state index is 12.6. The molecule has 0 bridgehead atoms. The summed E-state index contributed by atoms with van der Waals surface area (Å²) in [6.45, 7) is 1.66. The van der Waals surface area contributed by atoms with Crippen molar-refractivity contribution in [1.82, 2.24) is 9.55 Å². The molecule has 0 aliphatic heterocycles. The van der Waals surface area contributed by atoms with E-state index in [1.165, 1.54) is 23.5 Å². The molecule has 1 heterocycles. The standard InChI is InChI=1S/C22H24N4O3S2/c1-15-11-12-16(13-20(15)31(23,28)29)24-21(27)14-30-22-25-18-9-5-6-10-19(18)26(22)17-7-3-2-4-8-17/h2-4,7-8,11-13H,5-6,9-10,14H2,1H3,(H,24,27)(H2,23,28,29). The Kier molecular flexibility index (Phi) is 6.17. The van der Waals surface area contributed by atoms with Crippen LogP contribution in [0.5, 0.6) is 0 Å². The summed E-state index contributed by atoms with van der Waals surface area (Å²) in [6.07, 6.45) is 4.19. The predicted molar refractivity (Wildman–Crippen MR) is 122 cm³/mol. The molecule has 31 heavy (non-hydrogen) atoms. The molecule has 0 radical (unpaired) electrons. The number of sulfonamides is 1. The van der Waals surface area contributed by atoms with Crippen LogP contribution in [-0.4, -0.2) is 29.6 Å². The minimum atomic E-state index is -3.86. The maximum Gasteiger partial charge on any atom is 0.238 e. The Balaban J connectivity index is 1.52. The first kappa shape index (κ1) is 21.6. The van der Waals surface area contributed by atoms with E-state index in [1.807, 2.05) is 30.3 Å². The number of carbonyl (C=O) groups is 1. The Morgan fingerprint density at radius 3 is 2.65 bits per heavy atom. The van der Waals surface area contributed by atoms with Crippen molar-refractivity contribution in [3.63, 3.8) is 0 Å².